The number of rotatable bonds is 8. The number of nitrogens with zero attached hydrogens (tertiary/aromatic N) is 5. The summed E-state index contributed by atoms with van der Waals surface area (Å²) in [5, 5.41) is 17.6. The third-order valence-electron chi connectivity index (χ3n) is 4.59. The summed E-state index contributed by atoms with van der Waals surface area (Å²) in [4.78, 5) is 47.8. The average Bonchev–Trinajstić information content (AvgIpc) is 3.43. The minimum absolute atomic E-state index is 0.0143. The van der Waals surface area contributed by atoms with Crippen LogP contribution in [0.15, 0.2) is 33.5 Å². The van der Waals surface area contributed by atoms with Crippen molar-refractivity contribution in [1.82, 2.24) is 19.6 Å². The normalized spacial score (nSPS) is 20.6. The monoisotopic (exact) mass is 496 g/mol. The molecule has 0 saturated carbocycles. The van der Waals surface area contributed by atoms with Gasteiger partial charge >= 0.3 is 5.97 Å². The number of oxime groups is 1. The molecule has 12 nitrogen and oxygen atoms in total. The molecule has 1 fully saturated rings. The summed E-state index contributed by atoms with van der Waals surface area (Å²) in [7, 11) is 0. The lowest BCUT2D eigenvalue weighted by atomic mass is 10.0. The number of carbonyl (C=O) groups is 3. The smallest absolute Gasteiger partial charge is 0.352 e. The SMILES string of the molecule is CCO/N=C(\C(=O)N[C@@H]1C(=O)N2C(C(=O)O)=C(C[n+]3ccsc3)CS[C@H]12)c1nsc(N)n1. The minimum atomic E-state index is -1.18. The van der Waals surface area contributed by atoms with E-state index in [1.807, 2.05) is 21.7 Å². The van der Waals surface area contributed by atoms with Crippen LogP contribution >= 0.6 is 34.6 Å². The average molecular weight is 497 g/mol. The van der Waals surface area contributed by atoms with Crippen LogP contribution in [0, 0.1) is 0 Å². The number of hydrogen-bond donors (Lipinski definition) is 3. The van der Waals surface area contributed by atoms with Crippen LogP contribution in [0.3, 0.4) is 0 Å². The van der Waals surface area contributed by atoms with Gasteiger partial charge in [0.25, 0.3) is 11.8 Å². The number of hydrogen-bond acceptors (Lipinski definition) is 11. The fourth-order valence-electron chi connectivity index (χ4n) is 3.23. The molecule has 0 bridgehead atoms. The maximum absolute atomic E-state index is 12.8. The van der Waals surface area contributed by atoms with Crippen molar-refractivity contribution in [3.8, 4) is 0 Å². The third-order valence-corrected chi connectivity index (χ3v) is 7.14. The van der Waals surface area contributed by atoms with Gasteiger partial charge in [-0.25, -0.2) is 4.79 Å². The Morgan fingerprint density at radius 2 is 2.31 bits per heavy atom. The molecular weight excluding hydrogens is 478 g/mol. The largest absolute Gasteiger partial charge is 0.477 e. The summed E-state index contributed by atoms with van der Waals surface area (Å²) in [6.45, 7) is 2.27. The van der Waals surface area contributed by atoms with Gasteiger partial charge in [0.1, 0.15) is 23.7 Å². The molecule has 0 aromatic carbocycles. The molecule has 2 amide bonds. The van der Waals surface area contributed by atoms with Crippen molar-refractivity contribution in [3.05, 3.63) is 34.2 Å². The van der Waals surface area contributed by atoms with Crippen LogP contribution in [0.5, 0.6) is 0 Å². The number of amides is 2. The predicted octanol–water partition coefficient (Wildman–Crippen LogP) is -0.351. The van der Waals surface area contributed by atoms with Crippen LogP contribution in [-0.4, -0.2) is 66.6 Å². The molecule has 1 saturated heterocycles. The van der Waals surface area contributed by atoms with Gasteiger partial charge in [-0.1, -0.05) is 16.5 Å². The zero-order chi connectivity index (χ0) is 22.8. The molecule has 4 N–H and O–H groups in total. The molecule has 0 aliphatic carbocycles. The van der Waals surface area contributed by atoms with E-state index in [-0.39, 0.29) is 29.0 Å². The predicted molar refractivity (Wildman–Crippen MR) is 117 cm³/mol. The highest BCUT2D eigenvalue weighted by Gasteiger charge is 2.54. The number of nitrogens with two attached hydrogens (primary N) is 1. The van der Waals surface area contributed by atoms with Crippen LogP contribution < -0.4 is 15.6 Å². The molecule has 4 rings (SSSR count). The van der Waals surface area contributed by atoms with Gasteiger partial charge in [0, 0.05) is 22.9 Å². The fraction of sp³-hybridized carbons (Fsp3) is 0.353. The summed E-state index contributed by atoms with van der Waals surface area (Å²) < 4.78 is 5.83. The number of aliphatic carboxylic acids is 1. The molecule has 2 aliphatic heterocycles. The first kappa shape index (κ1) is 22.2. The highest BCUT2D eigenvalue weighted by molar-refractivity contribution is 8.00. The van der Waals surface area contributed by atoms with Gasteiger partial charge in [-0.05, 0) is 6.92 Å². The quantitative estimate of drug-likeness (QED) is 0.192. The number of carbonyl (C=O) groups excluding carboxylic acids is 2. The summed E-state index contributed by atoms with van der Waals surface area (Å²) in [6.07, 6.45) is 1.84. The van der Waals surface area contributed by atoms with Crippen LogP contribution in [0.1, 0.15) is 12.7 Å². The van der Waals surface area contributed by atoms with Gasteiger partial charge in [-0.2, -0.15) is 13.9 Å². The lowest BCUT2D eigenvalue weighted by molar-refractivity contribution is -0.684. The number of thioether (sulfide) groups is 1. The van der Waals surface area contributed by atoms with E-state index in [4.69, 9.17) is 10.6 Å². The topological polar surface area (TPSA) is 164 Å². The Bertz CT molecular complexity index is 1110. The van der Waals surface area contributed by atoms with Crippen LogP contribution in [0.2, 0.25) is 0 Å². The second-order valence-corrected chi connectivity index (χ2v) is 9.27. The second kappa shape index (κ2) is 9.22. The third kappa shape index (κ3) is 4.18. The van der Waals surface area contributed by atoms with Gasteiger partial charge in [0.15, 0.2) is 17.9 Å². The number of anilines is 1. The highest BCUT2D eigenvalue weighted by Crippen LogP contribution is 2.40. The number of fused-ring (bicyclic) bond motifs is 1. The van der Waals surface area contributed by atoms with E-state index in [2.05, 4.69) is 19.8 Å². The molecule has 0 spiro atoms. The molecule has 168 valence electrons. The van der Waals surface area contributed by atoms with Crippen molar-refractivity contribution in [2.75, 3.05) is 18.1 Å². The van der Waals surface area contributed by atoms with E-state index in [0.717, 1.165) is 11.5 Å². The van der Waals surface area contributed by atoms with E-state index in [1.165, 1.54) is 28.0 Å². The summed E-state index contributed by atoms with van der Waals surface area (Å²) >= 11 is 3.77. The molecule has 2 aromatic heterocycles. The molecule has 0 radical (unpaired) electrons. The lowest BCUT2D eigenvalue weighted by Gasteiger charge is -2.49. The zero-order valence-corrected chi connectivity index (χ0v) is 19.1. The Morgan fingerprint density at radius 3 is 2.94 bits per heavy atom. The van der Waals surface area contributed by atoms with Crippen molar-refractivity contribution in [2.45, 2.75) is 24.9 Å². The maximum Gasteiger partial charge on any atom is 0.352 e. The number of aromatic nitrogens is 3. The van der Waals surface area contributed by atoms with Crippen molar-refractivity contribution in [2.24, 2.45) is 5.16 Å². The van der Waals surface area contributed by atoms with E-state index in [0.29, 0.717) is 17.9 Å². The highest BCUT2D eigenvalue weighted by atomic mass is 32.2. The van der Waals surface area contributed by atoms with Crippen molar-refractivity contribution >= 4 is 63.3 Å². The minimum Gasteiger partial charge on any atom is -0.477 e. The number of nitrogen functional groups attached to an aromatic ring is 1. The van der Waals surface area contributed by atoms with Crippen molar-refractivity contribution in [3.63, 3.8) is 0 Å². The first-order valence-electron chi connectivity index (χ1n) is 9.32. The summed E-state index contributed by atoms with van der Waals surface area (Å²) in [6, 6.07) is -0.917. The molecule has 32 heavy (non-hydrogen) atoms. The summed E-state index contributed by atoms with van der Waals surface area (Å²) in [5.74, 6) is -2.01. The molecule has 4 heterocycles. The Kier molecular flexibility index (Phi) is 6.38. The first-order valence-corrected chi connectivity index (χ1v) is 12.1. The van der Waals surface area contributed by atoms with E-state index in [9.17, 15) is 19.5 Å². The van der Waals surface area contributed by atoms with Gasteiger partial charge in [0.05, 0.1) is 5.38 Å². The zero-order valence-electron chi connectivity index (χ0n) is 16.6. The number of carboxylic acid groups (broad SMARTS) is 1. The Morgan fingerprint density at radius 1 is 1.50 bits per heavy atom. The van der Waals surface area contributed by atoms with Crippen LogP contribution in [0.4, 0.5) is 5.13 Å². The number of nitrogens with one attached hydrogen (secondary N) is 1. The molecule has 2 aromatic rings. The molecule has 0 unspecified atom stereocenters. The van der Waals surface area contributed by atoms with Crippen LogP contribution in [0.25, 0.3) is 0 Å². The number of carboxylic acids is 1. The first-order chi connectivity index (χ1) is 15.4. The number of β-lactam (4-membered cyclic amide) rings is 1. The van der Waals surface area contributed by atoms with E-state index < -0.39 is 29.2 Å². The van der Waals surface area contributed by atoms with Gasteiger partial charge < -0.3 is 21.0 Å². The molecule has 2 atom stereocenters. The van der Waals surface area contributed by atoms with Gasteiger partial charge in [0.2, 0.25) is 17.0 Å². The molecular formula is C17H18N7O5S3+. The molecule has 15 heteroatoms. The van der Waals surface area contributed by atoms with Gasteiger partial charge in [-0.3, -0.25) is 14.5 Å². The van der Waals surface area contributed by atoms with Gasteiger partial charge in [-0.15, -0.1) is 11.8 Å². The second-order valence-electron chi connectivity index (χ2n) is 6.63. The van der Waals surface area contributed by atoms with E-state index in [1.54, 1.807) is 6.92 Å². The van der Waals surface area contributed by atoms with Crippen LogP contribution in [-0.2, 0) is 25.8 Å². The Labute approximate surface area is 193 Å². The fourth-order valence-corrected chi connectivity index (χ4v) is 5.60. The Balaban J connectivity index is 1.53. The summed E-state index contributed by atoms with van der Waals surface area (Å²) in [5.41, 5.74) is 7.83. The standard InChI is InChI=1S/C17H17N7O5S3/c1-2-29-21-9(12-20-17(18)32-22-12)13(25)19-10-14(26)24-11(16(27)28)8(6-31-15(10)24)5-23-3-4-30-7-23/h3-4,7,10,15H,2,5-6H2,1H3,(H3-,18,19,20,22,25,27,28)/p+1/b21-9-/t10-,15-/m1/s1. The maximum atomic E-state index is 12.8. The molecule has 2 aliphatic rings. The lowest BCUT2D eigenvalue weighted by Crippen LogP contribution is -2.71. The number of thiazole rings is 1. The van der Waals surface area contributed by atoms with Crippen molar-refractivity contribution < 1.29 is 28.9 Å². The van der Waals surface area contributed by atoms with Crippen molar-refractivity contribution in [1.29, 1.82) is 0 Å². The van der Waals surface area contributed by atoms with E-state index >= 15 is 0 Å². The Hall–Kier alpha value is -3.04.